The van der Waals surface area contributed by atoms with Gasteiger partial charge >= 0.3 is 11.9 Å². The van der Waals surface area contributed by atoms with Crippen molar-refractivity contribution in [3.8, 4) is 5.75 Å². The smallest absolute Gasteiger partial charge is 0.326 e. The van der Waals surface area contributed by atoms with Crippen LogP contribution in [0.2, 0.25) is 0 Å². The maximum absolute atomic E-state index is 13.3. The van der Waals surface area contributed by atoms with Crippen LogP contribution in [-0.4, -0.2) is 45.8 Å². The number of rotatable bonds is 16. The molecular weight excluding hydrogens is 436 g/mol. The van der Waals surface area contributed by atoms with Crippen molar-refractivity contribution < 1.29 is 29.7 Å². The lowest BCUT2D eigenvalue weighted by molar-refractivity contribution is -0.147. The van der Waals surface area contributed by atoms with Crippen LogP contribution >= 0.6 is 0 Å². The van der Waals surface area contributed by atoms with E-state index in [0.29, 0.717) is 31.4 Å². The monoisotopic (exact) mass is 476 g/mol. The lowest BCUT2D eigenvalue weighted by atomic mass is 9.75. The number of hydrogen-bond donors (Lipinski definition) is 5. The molecule has 8 nitrogen and oxygen atoms in total. The van der Waals surface area contributed by atoms with E-state index in [2.05, 4.69) is 5.32 Å². The molecule has 0 spiro atoms. The number of nitrogens with one attached hydrogen (secondary N) is 1. The van der Waals surface area contributed by atoms with Gasteiger partial charge in [0.2, 0.25) is 5.91 Å². The summed E-state index contributed by atoms with van der Waals surface area (Å²) in [6, 6.07) is 5.08. The fourth-order valence-corrected chi connectivity index (χ4v) is 4.98. The lowest BCUT2D eigenvalue weighted by Crippen LogP contribution is -2.49. The normalized spacial score (nSPS) is 16.6. The highest BCUT2D eigenvalue weighted by molar-refractivity contribution is 5.88. The van der Waals surface area contributed by atoms with Crippen LogP contribution in [0.4, 0.5) is 0 Å². The Bertz CT molecular complexity index is 789. The Labute approximate surface area is 201 Å². The summed E-state index contributed by atoms with van der Waals surface area (Å²) in [5.74, 6) is -2.92. The second-order valence-electron chi connectivity index (χ2n) is 9.66. The van der Waals surface area contributed by atoms with E-state index in [4.69, 9.17) is 5.73 Å². The van der Waals surface area contributed by atoms with E-state index < -0.39 is 29.3 Å². The van der Waals surface area contributed by atoms with Gasteiger partial charge in [-0.3, -0.25) is 9.59 Å². The number of carbonyl (C=O) groups excluding carboxylic acids is 1. The van der Waals surface area contributed by atoms with E-state index in [1.54, 1.807) is 12.1 Å². The fraction of sp³-hybridized carbons (Fsp3) is 0.654. The first-order valence-corrected chi connectivity index (χ1v) is 12.5. The molecule has 1 aliphatic carbocycles. The van der Waals surface area contributed by atoms with Gasteiger partial charge in [-0.25, -0.2) is 4.79 Å². The van der Waals surface area contributed by atoms with Crippen LogP contribution in [0.25, 0.3) is 0 Å². The van der Waals surface area contributed by atoms with Gasteiger partial charge in [-0.05, 0) is 56.3 Å². The molecule has 2 atom stereocenters. The first-order chi connectivity index (χ1) is 16.3. The number of phenolic OH excluding ortho intramolecular Hbond substituents is 1. The molecule has 1 aromatic rings. The zero-order valence-electron chi connectivity index (χ0n) is 20.0. The molecule has 34 heavy (non-hydrogen) atoms. The summed E-state index contributed by atoms with van der Waals surface area (Å²) < 4.78 is 0. The summed E-state index contributed by atoms with van der Waals surface area (Å²) in [6.45, 7) is 0.697. The topological polar surface area (TPSA) is 150 Å². The van der Waals surface area contributed by atoms with Crippen LogP contribution in [0.15, 0.2) is 24.3 Å². The molecule has 1 saturated carbocycles. The van der Waals surface area contributed by atoms with Crippen molar-refractivity contribution in [2.45, 2.75) is 89.5 Å². The highest BCUT2D eigenvalue weighted by atomic mass is 16.4. The van der Waals surface area contributed by atoms with Crippen LogP contribution in [0.3, 0.4) is 0 Å². The summed E-state index contributed by atoms with van der Waals surface area (Å²) in [7, 11) is 0. The van der Waals surface area contributed by atoms with Gasteiger partial charge in [0.15, 0.2) is 0 Å². The molecule has 1 aliphatic rings. The molecule has 1 aromatic carbocycles. The summed E-state index contributed by atoms with van der Waals surface area (Å²) >= 11 is 0. The second-order valence-corrected chi connectivity index (χ2v) is 9.66. The highest BCUT2D eigenvalue weighted by Gasteiger charge is 2.45. The van der Waals surface area contributed by atoms with Gasteiger partial charge < -0.3 is 26.4 Å². The molecule has 0 radical (unpaired) electrons. The number of carboxylic acids is 2. The van der Waals surface area contributed by atoms with Crippen LogP contribution in [0, 0.1) is 11.3 Å². The highest BCUT2D eigenvalue weighted by Crippen LogP contribution is 2.44. The molecular formula is C26H40N2O6. The summed E-state index contributed by atoms with van der Waals surface area (Å²) in [6.07, 6.45) is 9.68. The van der Waals surface area contributed by atoms with Gasteiger partial charge in [0, 0.05) is 6.42 Å². The Morgan fingerprint density at radius 3 is 2.06 bits per heavy atom. The maximum Gasteiger partial charge on any atom is 0.326 e. The average Bonchev–Trinajstić information content (AvgIpc) is 3.28. The summed E-state index contributed by atoms with van der Waals surface area (Å²) in [4.78, 5) is 37.2. The van der Waals surface area contributed by atoms with E-state index in [9.17, 15) is 29.7 Å². The quantitative estimate of drug-likeness (QED) is 0.227. The number of hydrogen-bond acceptors (Lipinski definition) is 5. The van der Waals surface area contributed by atoms with E-state index in [1.807, 2.05) is 0 Å². The maximum atomic E-state index is 13.3. The number of carboxylic acid groups (broad SMARTS) is 2. The number of benzene rings is 1. The Balaban J connectivity index is 1.99. The third-order valence-corrected chi connectivity index (χ3v) is 7.02. The largest absolute Gasteiger partial charge is 0.508 e. The summed E-state index contributed by atoms with van der Waals surface area (Å²) in [5, 5.41) is 31.7. The van der Waals surface area contributed by atoms with Crippen LogP contribution in [0.5, 0.6) is 5.75 Å². The Hall–Kier alpha value is -2.61. The van der Waals surface area contributed by atoms with Crippen molar-refractivity contribution in [3.05, 3.63) is 29.8 Å². The molecule has 0 aliphatic heterocycles. The Morgan fingerprint density at radius 1 is 0.912 bits per heavy atom. The molecule has 1 amide bonds. The average molecular weight is 477 g/mol. The number of aliphatic carboxylic acids is 2. The molecule has 6 N–H and O–H groups in total. The predicted octanol–water partition coefficient (Wildman–Crippen LogP) is 3.84. The first-order valence-electron chi connectivity index (χ1n) is 12.5. The number of phenols is 1. The molecule has 0 saturated heterocycles. The van der Waals surface area contributed by atoms with Gasteiger partial charge in [-0.2, -0.15) is 0 Å². The number of aromatic hydroxyl groups is 1. The van der Waals surface area contributed by atoms with Gasteiger partial charge in [-0.1, -0.05) is 57.1 Å². The molecule has 2 rings (SSSR count). The van der Waals surface area contributed by atoms with Crippen LogP contribution < -0.4 is 11.1 Å². The molecule has 0 aromatic heterocycles. The zero-order valence-corrected chi connectivity index (χ0v) is 20.0. The minimum atomic E-state index is -1.14. The van der Waals surface area contributed by atoms with Gasteiger partial charge in [-0.15, -0.1) is 0 Å². The van der Waals surface area contributed by atoms with Crippen molar-refractivity contribution >= 4 is 17.8 Å². The molecule has 8 heteroatoms. The molecule has 0 unspecified atom stereocenters. The van der Waals surface area contributed by atoms with Crippen molar-refractivity contribution in [2.75, 3.05) is 6.54 Å². The molecule has 0 bridgehead atoms. The molecule has 1 fully saturated rings. The number of unbranched alkanes of at least 4 members (excludes halogenated alkanes) is 5. The predicted molar refractivity (Wildman–Crippen MR) is 129 cm³/mol. The third-order valence-electron chi connectivity index (χ3n) is 7.02. The van der Waals surface area contributed by atoms with E-state index in [-0.39, 0.29) is 24.5 Å². The van der Waals surface area contributed by atoms with Gasteiger partial charge in [0.1, 0.15) is 11.8 Å². The zero-order chi connectivity index (χ0) is 25.0. The van der Waals surface area contributed by atoms with Crippen LogP contribution in [-0.2, 0) is 20.8 Å². The molecule has 190 valence electrons. The number of nitrogens with two attached hydrogens (primary N) is 1. The van der Waals surface area contributed by atoms with E-state index >= 15 is 0 Å². The number of carbonyl (C=O) groups is 3. The van der Waals surface area contributed by atoms with Gasteiger partial charge in [0.25, 0.3) is 0 Å². The minimum Gasteiger partial charge on any atom is -0.508 e. The third kappa shape index (κ3) is 8.63. The van der Waals surface area contributed by atoms with E-state index in [0.717, 1.165) is 51.4 Å². The number of amides is 1. The minimum absolute atomic E-state index is 0.0832. The summed E-state index contributed by atoms with van der Waals surface area (Å²) in [5.41, 5.74) is 5.35. The van der Waals surface area contributed by atoms with Crippen molar-refractivity contribution in [1.29, 1.82) is 0 Å². The second kappa shape index (κ2) is 13.9. The van der Waals surface area contributed by atoms with Gasteiger partial charge in [0.05, 0.1) is 11.3 Å². The first kappa shape index (κ1) is 27.6. The SMILES string of the molecule is NCCCCCCCC[C@H](CC1(C(=O)N[C@@H](Cc2ccc(O)cc2)C(=O)O)CCCC1)C(=O)O. The van der Waals surface area contributed by atoms with Crippen molar-refractivity contribution in [3.63, 3.8) is 0 Å². The van der Waals surface area contributed by atoms with Crippen molar-refractivity contribution in [2.24, 2.45) is 17.1 Å². The van der Waals surface area contributed by atoms with E-state index in [1.165, 1.54) is 12.1 Å². The molecule has 0 heterocycles. The Kier molecular flexibility index (Phi) is 11.3. The van der Waals surface area contributed by atoms with Crippen molar-refractivity contribution in [1.82, 2.24) is 5.32 Å². The van der Waals surface area contributed by atoms with Crippen LogP contribution in [0.1, 0.15) is 82.6 Å². The lowest BCUT2D eigenvalue weighted by Gasteiger charge is -2.32. The standard InChI is InChI=1S/C26H40N2O6/c27-16-8-4-2-1-3-5-9-20(23(30)31)18-26(14-6-7-15-26)25(34)28-22(24(32)33)17-19-10-12-21(29)13-11-19/h10-13,20,22,29H,1-9,14-18,27H2,(H,28,34)(H,30,31)(H,32,33)/t20-,22+/m1/s1. The fourth-order valence-electron chi connectivity index (χ4n) is 4.98. The Morgan fingerprint density at radius 2 is 1.50 bits per heavy atom.